The molecule has 3 aliphatic rings. The Hall–Kier alpha value is -1.94. The SMILES string of the molecule is O=C(N[C@H]1C[C@H]2CC[C@H]1O2)c1cc(C2CC2)nc2ccccc12. The van der Waals surface area contributed by atoms with Crippen molar-refractivity contribution in [1.29, 1.82) is 0 Å². The monoisotopic (exact) mass is 308 g/mol. The van der Waals surface area contributed by atoms with Crippen LogP contribution in [0, 0.1) is 0 Å². The van der Waals surface area contributed by atoms with E-state index in [2.05, 4.69) is 5.32 Å². The smallest absolute Gasteiger partial charge is 0.252 e. The van der Waals surface area contributed by atoms with Gasteiger partial charge in [-0.25, -0.2) is 0 Å². The van der Waals surface area contributed by atoms with Crippen molar-refractivity contribution in [3.8, 4) is 0 Å². The zero-order valence-corrected chi connectivity index (χ0v) is 13.0. The van der Waals surface area contributed by atoms with Crippen LogP contribution in [0.5, 0.6) is 0 Å². The highest BCUT2D eigenvalue weighted by Crippen LogP contribution is 2.40. The summed E-state index contributed by atoms with van der Waals surface area (Å²) >= 11 is 0. The first-order valence-corrected chi connectivity index (χ1v) is 8.64. The Morgan fingerprint density at radius 3 is 2.78 bits per heavy atom. The zero-order valence-electron chi connectivity index (χ0n) is 13.0. The highest BCUT2D eigenvalue weighted by atomic mass is 16.5. The topological polar surface area (TPSA) is 51.2 Å². The van der Waals surface area contributed by atoms with Crippen molar-refractivity contribution in [2.75, 3.05) is 0 Å². The van der Waals surface area contributed by atoms with Crippen LogP contribution in [0.4, 0.5) is 0 Å². The van der Waals surface area contributed by atoms with E-state index in [-0.39, 0.29) is 18.1 Å². The predicted octanol–water partition coefficient (Wildman–Crippen LogP) is 3.16. The van der Waals surface area contributed by atoms with Crippen molar-refractivity contribution in [2.24, 2.45) is 0 Å². The maximum atomic E-state index is 12.9. The molecule has 0 radical (unpaired) electrons. The zero-order chi connectivity index (χ0) is 15.4. The van der Waals surface area contributed by atoms with Crippen molar-refractivity contribution < 1.29 is 9.53 Å². The maximum absolute atomic E-state index is 12.9. The highest BCUT2D eigenvalue weighted by molar-refractivity contribution is 6.06. The Balaban J connectivity index is 1.49. The first-order valence-electron chi connectivity index (χ1n) is 8.64. The molecule has 2 aliphatic heterocycles. The van der Waals surface area contributed by atoms with Gasteiger partial charge in [0.1, 0.15) is 0 Å². The standard InChI is InChI=1S/C19H20N2O2/c22-19(21-17-9-12-7-8-18(17)23-12)14-10-16(11-5-6-11)20-15-4-2-1-3-13(14)15/h1-4,10-12,17-18H,5-9H2,(H,21,22)/t12-,17+,18-/m1/s1. The van der Waals surface area contributed by atoms with E-state index in [9.17, 15) is 4.79 Å². The summed E-state index contributed by atoms with van der Waals surface area (Å²) in [6.07, 6.45) is 6.09. The van der Waals surface area contributed by atoms with Crippen LogP contribution in [0.25, 0.3) is 10.9 Å². The predicted molar refractivity (Wildman–Crippen MR) is 87.5 cm³/mol. The van der Waals surface area contributed by atoms with E-state index in [0.717, 1.165) is 41.4 Å². The molecule has 4 nitrogen and oxygen atoms in total. The number of carbonyl (C=O) groups excluding carboxylic acids is 1. The van der Waals surface area contributed by atoms with Crippen molar-refractivity contribution >= 4 is 16.8 Å². The summed E-state index contributed by atoms with van der Waals surface area (Å²) in [4.78, 5) is 17.6. The number of benzene rings is 1. The third kappa shape index (κ3) is 2.32. The molecule has 2 aromatic rings. The number of hydrogen-bond donors (Lipinski definition) is 1. The van der Waals surface area contributed by atoms with Crippen molar-refractivity contribution in [3.05, 3.63) is 41.6 Å². The molecule has 1 aliphatic carbocycles. The van der Waals surface area contributed by atoms with Crippen molar-refractivity contribution in [1.82, 2.24) is 10.3 Å². The van der Waals surface area contributed by atoms with Crippen LogP contribution in [0.15, 0.2) is 30.3 Å². The van der Waals surface area contributed by atoms with Crippen molar-refractivity contribution in [2.45, 2.75) is 56.3 Å². The minimum Gasteiger partial charge on any atom is -0.373 e. The molecule has 1 aromatic heterocycles. The van der Waals surface area contributed by atoms with Crippen LogP contribution >= 0.6 is 0 Å². The van der Waals surface area contributed by atoms with E-state index >= 15 is 0 Å². The van der Waals surface area contributed by atoms with Crippen LogP contribution in [-0.2, 0) is 4.74 Å². The molecule has 1 saturated carbocycles. The van der Waals surface area contributed by atoms with Gasteiger partial charge >= 0.3 is 0 Å². The summed E-state index contributed by atoms with van der Waals surface area (Å²) in [7, 11) is 0. The van der Waals surface area contributed by atoms with E-state index in [4.69, 9.17) is 9.72 Å². The molecule has 0 spiro atoms. The Bertz CT molecular complexity index is 784. The number of nitrogens with one attached hydrogen (secondary N) is 1. The Morgan fingerprint density at radius 2 is 2.04 bits per heavy atom. The number of rotatable bonds is 3. The van der Waals surface area contributed by atoms with Gasteiger partial charge in [-0.3, -0.25) is 9.78 Å². The van der Waals surface area contributed by atoms with E-state index in [1.165, 1.54) is 12.8 Å². The van der Waals surface area contributed by atoms with Gasteiger partial charge in [0.25, 0.3) is 5.91 Å². The second-order valence-electron chi connectivity index (χ2n) is 7.08. The summed E-state index contributed by atoms with van der Waals surface area (Å²) < 4.78 is 5.85. The lowest BCUT2D eigenvalue weighted by molar-refractivity contribution is 0.0842. The van der Waals surface area contributed by atoms with Crippen molar-refractivity contribution in [3.63, 3.8) is 0 Å². The summed E-state index contributed by atoms with van der Waals surface area (Å²) in [5, 5.41) is 4.16. The minimum absolute atomic E-state index is 0.0200. The number of pyridine rings is 1. The fourth-order valence-electron chi connectivity index (χ4n) is 4.01. The number of hydrogen-bond acceptors (Lipinski definition) is 3. The van der Waals surface area contributed by atoms with Gasteiger partial charge in [0.05, 0.1) is 29.3 Å². The largest absolute Gasteiger partial charge is 0.373 e. The lowest BCUT2D eigenvalue weighted by Gasteiger charge is -2.20. The van der Waals surface area contributed by atoms with Gasteiger partial charge in [-0.05, 0) is 44.2 Å². The van der Waals surface area contributed by atoms with Crippen LogP contribution < -0.4 is 5.32 Å². The van der Waals surface area contributed by atoms with Gasteiger partial charge in [0.2, 0.25) is 0 Å². The van der Waals surface area contributed by atoms with Gasteiger partial charge in [-0.2, -0.15) is 0 Å². The van der Waals surface area contributed by atoms with Gasteiger partial charge in [0.15, 0.2) is 0 Å². The fourth-order valence-corrected chi connectivity index (χ4v) is 4.01. The molecule has 118 valence electrons. The Morgan fingerprint density at radius 1 is 1.17 bits per heavy atom. The summed E-state index contributed by atoms with van der Waals surface area (Å²) in [6.45, 7) is 0. The van der Waals surface area contributed by atoms with E-state index in [0.29, 0.717) is 12.0 Å². The number of para-hydroxylation sites is 1. The van der Waals surface area contributed by atoms with E-state index in [1.807, 2.05) is 30.3 Å². The van der Waals surface area contributed by atoms with Gasteiger partial charge < -0.3 is 10.1 Å². The molecular weight excluding hydrogens is 288 g/mol. The normalized spacial score (nSPS) is 29.1. The van der Waals surface area contributed by atoms with Crippen LogP contribution in [0.2, 0.25) is 0 Å². The van der Waals surface area contributed by atoms with E-state index in [1.54, 1.807) is 0 Å². The average molecular weight is 308 g/mol. The number of aromatic nitrogens is 1. The molecule has 3 heterocycles. The molecule has 2 bridgehead atoms. The van der Waals surface area contributed by atoms with Crippen LogP contribution in [-0.4, -0.2) is 29.1 Å². The summed E-state index contributed by atoms with van der Waals surface area (Å²) in [6, 6.07) is 10.1. The number of amides is 1. The Kier molecular flexibility index (Phi) is 2.95. The Labute approximate surface area is 135 Å². The van der Waals surface area contributed by atoms with Crippen LogP contribution in [0.1, 0.15) is 54.1 Å². The number of fused-ring (bicyclic) bond motifs is 3. The summed E-state index contributed by atoms with van der Waals surface area (Å²) in [5.41, 5.74) is 2.75. The molecule has 1 aromatic carbocycles. The lowest BCUT2D eigenvalue weighted by atomic mass is 9.95. The molecule has 5 rings (SSSR count). The quantitative estimate of drug-likeness (QED) is 0.947. The first kappa shape index (κ1) is 13.5. The molecule has 3 atom stereocenters. The molecule has 1 N–H and O–H groups in total. The fraction of sp³-hybridized carbons (Fsp3) is 0.474. The molecule has 23 heavy (non-hydrogen) atoms. The molecule has 2 saturated heterocycles. The van der Waals surface area contributed by atoms with Crippen LogP contribution in [0.3, 0.4) is 0 Å². The lowest BCUT2D eigenvalue weighted by Crippen LogP contribution is -2.41. The van der Waals surface area contributed by atoms with Gasteiger partial charge in [0, 0.05) is 17.0 Å². The molecule has 1 amide bonds. The second-order valence-corrected chi connectivity index (χ2v) is 7.08. The first-order chi connectivity index (χ1) is 11.3. The molecular formula is C19H20N2O2. The summed E-state index contributed by atoms with van der Waals surface area (Å²) in [5.74, 6) is 0.559. The third-order valence-electron chi connectivity index (χ3n) is 5.40. The second kappa shape index (κ2) is 5.03. The third-order valence-corrected chi connectivity index (χ3v) is 5.40. The molecule has 4 heteroatoms. The molecule has 3 fully saturated rings. The number of ether oxygens (including phenoxy) is 1. The average Bonchev–Trinajstić information content (AvgIpc) is 3.23. The molecule has 0 unspecified atom stereocenters. The van der Waals surface area contributed by atoms with E-state index < -0.39 is 0 Å². The highest BCUT2D eigenvalue weighted by Gasteiger charge is 2.41. The maximum Gasteiger partial charge on any atom is 0.252 e. The number of nitrogens with zero attached hydrogens (tertiary/aromatic N) is 1. The number of carbonyl (C=O) groups is 1. The van der Waals surface area contributed by atoms with Gasteiger partial charge in [-0.1, -0.05) is 18.2 Å². The van der Waals surface area contributed by atoms with Gasteiger partial charge in [-0.15, -0.1) is 0 Å². The minimum atomic E-state index is 0.0200.